The van der Waals surface area contributed by atoms with E-state index >= 15 is 0 Å². The van der Waals surface area contributed by atoms with Gasteiger partial charge in [-0.25, -0.2) is 0 Å². The Morgan fingerprint density at radius 3 is 2.76 bits per heavy atom. The first-order valence-electron chi connectivity index (χ1n) is 9.52. The number of methoxy groups -OCH3 is 1. The van der Waals surface area contributed by atoms with Crippen molar-refractivity contribution in [2.75, 3.05) is 20.3 Å². The molecule has 0 aliphatic carbocycles. The van der Waals surface area contributed by atoms with Gasteiger partial charge in [-0.2, -0.15) is 0 Å². The van der Waals surface area contributed by atoms with Crippen LogP contribution in [-0.4, -0.2) is 41.1 Å². The minimum absolute atomic E-state index is 0.0274. The van der Waals surface area contributed by atoms with Crippen LogP contribution in [0.2, 0.25) is 0 Å². The van der Waals surface area contributed by atoms with Gasteiger partial charge >= 0.3 is 0 Å². The van der Waals surface area contributed by atoms with Gasteiger partial charge in [0.1, 0.15) is 12.4 Å². The van der Waals surface area contributed by atoms with Gasteiger partial charge in [-0.15, -0.1) is 0 Å². The van der Waals surface area contributed by atoms with Crippen LogP contribution < -0.4 is 4.74 Å². The quantitative estimate of drug-likeness (QED) is 0.668. The van der Waals surface area contributed by atoms with E-state index in [0.29, 0.717) is 18.9 Å². The summed E-state index contributed by atoms with van der Waals surface area (Å²) in [5.41, 5.74) is 5.09. The number of carbonyl (C=O) groups is 1. The molecular weight excluding hydrogens is 366 g/mol. The Bertz CT molecular complexity index is 1000. The summed E-state index contributed by atoms with van der Waals surface area (Å²) in [6, 6.07) is 11.9. The van der Waals surface area contributed by atoms with E-state index in [0.717, 1.165) is 22.3 Å². The van der Waals surface area contributed by atoms with E-state index in [1.54, 1.807) is 25.7 Å². The first kappa shape index (κ1) is 19.1. The van der Waals surface area contributed by atoms with Crippen molar-refractivity contribution in [2.45, 2.75) is 19.5 Å². The van der Waals surface area contributed by atoms with Crippen molar-refractivity contribution in [3.63, 3.8) is 0 Å². The number of pyridine rings is 2. The van der Waals surface area contributed by atoms with E-state index in [2.05, 4.69) is 41.2 Å². The maximum absolute atomic E-state index is 12.7. The second-order valence-electron chi connectivity index (χ2n) is 7.11. The molecule has 1 fully saturated rings. The fourth-order valence-electron chi connectivity index (χ4n) is 3.56. The summed E-state index contributed by atoms with van der Waals surface area (Å²) in [5, 5.41) is 0. The van der Waals surface area contributed by atoms with Crippen LogP contribution in [0.3, 0.4) is 0 Å². The Balaban J connectivity index is 1.71. The van der Waals surface area contributed by atoms with Crippen molar-refractivity contribution in [3.8, 4) is 16.9 Å². The highest BCUT2D eigenvalue weighted by Gasteiger charge is 2.32. The normalized spacial score (nSPS) is 16.7. The lowest BCUT2D eigenvalue weighted by atomic mass is 9.96. The van der Waals surface area contributed by atoms with Gasteiger partial charge in [0, 0.05) is 36.3 Å². The summed E-state index contributed by atoms with van der Waals surface area (Å²) >= 11 is 0. The Kier molecular flexibility index (Phi) is 5.53. The highest BCUT2D eigenvalue weighted by atomic mass is 16.5. The van der Waals surface area contributed by atoms with Crippen LogP contribution in [0.15, 0.2) is 61.2 Å². The number of aryl methyl sites for hydroxylation is 1. The monoisotopic (exact) mass is 389 g/mol. The van der Waals surface area contributed by atoms with Crippen LogP contribution >= 0.6 is 0 Å². The molecule has 1 saturated heterocycles. The topological polar surface area (TPSA) is 64.6 Å². The highest BCUT2D eigenvalue weighted by Crippen LogP contribution is 2.34. The molecule has 3 heterocycles. The third-order valence-corrected chi connectivity index (χ3v) is 5.14. The second kappa shape index (κ2) is 8.41. The lowest BCUT2D eigenvalue weighted by Gasteiger charge is -2.36. The molecule has 1 aliphatic heterocycles. The predicted molar refractivity (Wildman–Crippen MR) is 109 cm³/mol. The first-order chi connectivity index (χ1) is 14.2. The smallest absolute Gasteiger partial charge is 0.249 e. The van der Waals surface area contributed by atoms with Crippen LogP contribution in [0.1, 0.15) is 22.7 Å². The summed E-state index contributed by atoms with van der Waals surface area (Å²) in [6.07, 6.45) is 7.01. The third-order valence-electron chi connectivity index (χ3n) is 5.14. The number of aromatic nitrogens is 2. The van der Waals surface area contributed by atoms with Gasteiger partial charge in [0.2, 0.25) is 5.91 Å². The van der Waals surface area contributed by atoms with E-state index in [9.17, 15) is 4.79 Å². The number of ether oxygens (including phenoxy) is 2. The van der Waals surface area contributed by atoms with E-state index in [4.69, 9.17) is 9.47 Å². The molecule has 0 N–H and O–H groups in total. The number of morpholine rings is 1. The minimum Gasteiger partial charge on any atom is -0.495 e. The summed E-state index contributed by atoms with van der Waals surface area (Å²) in [6.45, 7) is 3.10. The summed E-state index contributed by atoms with van der Waals surface area (Å²) in [7, 11) is 1.62. The molecule has 1 unspecified atom stereocenters. The molecule has 4 rings (SSSR count). The molecule has 3 aromatic rings. The van der Waals surface area contributed by atoms with Crippen LogP contribution in [0.5, 0.6) is 5.75 Å². The fraction of sp³-hybridized carbons (Fsp3) is 0.261. The van der Waals surface area contributed by atoms with E-state index < -0.39 is 0 Å². The number of nitrogens with zero attached hydrogens (tertiary/aromatic N) is 3. The highest BCUT2D eigenvalue weighted by molar-refractivity contribution is 5.79. The number of benzene rings is 1. The zero-order chi connectivity index (χ0) is 20.2. The third kappa shape index (κ3) is 4.12. The molecule has 1 amide bonds. The minimum atomic E-state index is -0.229. The van der Waals surface area contributed by atoms with Crippen molar-refractivity contribution < 1.29 is 14.3 Å². The molecule has 1 atom stereocenters. The SMILES string of the molecule is COc1cncc(-c2ccncc2C2COCC(=O)N2Cc2ccc(C)cc2)c1. The lowest BCUT2D eigenvalue weighted by Crippen LogP contribution is -2.43. The van der Waals surface area contributed by atoms with Gasteiger partial charge in [-0.3, -0.25) is 14.8 Å². The molecule has 0 spiro atoms. The van der Waals surface area contributed by atoms with Crippen molar-refractivity contribution in [1.29, 1.82) is 0 Å². The lowest BCUT2D eigenvalue weighted by molar-refractivity contribution is -0.149. The molecule has 6 heteroatoms. The summed E-state index contributed by atoms with van der Waals surface area (Å²) in [4.78, 5) is 23.2. The number of hydrogen-bond donors (Lipinski definition) is 0. The van der Waals surface area contributed by atoms with Gasteiger partial charge in [0.05, 0.1) is 26.0 Å². The predicted octanol–water partition coefficient (Wildman–Crippen LogP) is 3.56. The van der Waals surface area contributed by atoms with Crippen molar-refractivity contribution in [2.24, 2.45) is 0 Å². The van der Waals surface area contributed by atoms with Gasteiger partial charge in [-0.05, 0) is 30.2 Å². The van der Waals surface area contributed by atoms with Crippen molar-refractivity contribution in [3.05, 3.63) is 77.9 Å². The van der Waals surface area contributed by atoms with Crippen molar-refractivity contribution in [1.82, 2.24) is 14.9 Å². The van der Waals surface area contributed by atoms with Crippen molar-refractivity contribution >= 4 is 5.91 Å². The first-order valence-corrected chi connectivity index (χ1v) is 9.52. The molecule has 1 aliphatic rings. The average molecular weight is 389 g/mol. The van der Waals surface area contributed by atoms with Crippen LogP contribution in [0.25, 0.3) is 11.1 Å². The Hall–Kier alpha value is -3.25. The maximum atomic E-state index is 12.7. The second-order valence-corrected chi connectivity index (χ2v) is 7.11. The molecule has 2 aromatic heterocycles. The van der Waals surface area contributed by atoms with Crippen LogP contribution in [0.4, 0.5) is 0 Å². The standard InChI is InChI=1S/C23H23N3O3/c1-16-3-5-17(6-4-16)13-26-22(14-29-15-23(26)27)21-12-24-8-7-20(21)18-9-19(28-2)11-25-10-18/h3-12,22H,13-15H2,1-2H3. The molecule has 29 heavy (non-hydrogen) atoms. The van der Waals surface area contributed by atoms with Gasteiger partial charge < -0.3 is 14.4 Å². The zero-order valence-corrected chi connectivity index (χ0v) is 16.5. The van der Waals surface area contributed by atoms with E-state index in [1.165, 1.54) is 5.56 Å². The molecule has 0 saturated carbocycles. The van der Waals surface area contributed by atoms with Crippen LogP contribution in [0, 0.1) is 6.92 Å². The average Bonchev–Trinajstić information content (AvgIpc) is 2.76. The number of hydrogen-bond acceptors (Lipinski definition) is 5. The van der Waals surface area contributed by atoms with Gasteiger partial charge in [-0.1, -0.05) is 29.8 Å². The Morgan fingerprint density at radius 2 is 1.97 bits per heavy atom. The molecule has 148 valence electrons. The number of rotatable bonds is 5. The van der Waals surface area contributed by atoms with Crippen LogP contribution in [-0.2, 0) is 16.1 Å². The molecular formula is C23H23N3O3. The van der Waals surface area contributed by atoms with E-state index in [1.807, 2.05) is 23.2 Å². The molecule has 6 nitrogen and oxygen atoms in total. The maximum Gasteiger partial charge on any atom is 0.249 e. The Morgan fingerprint density at radius 1 is 1.14 bits per heavy atom. The molecule has 0 bridgehead atoms. The summed E-state index contributed by atoms with van der Waals surface area (Å²) < 4.78 is 10.9. The van der Waals surface area contributed by atoms with Gasteiger partial charge in [0.15, 0.2) is 0 Å². The van der Waals surface area contributed by atoms with Gasteiger partial charge in [0.25, 0.3) is 0 Å². The number of amides is 1. The number of carbonyl (C=O) groups excluding carboxylic acids is 1. The molecule has 1 aromatic carbocycles. The Labute approximate surface area is 170 Å². The fourth-order valence-corrected chi connectivity index (χ4v) is 3.56. The molecule has 0 radical (unpaired) electrons. The zero-order valence-electron chi connectivity index (χ0n) is 16.5. The summed E-state index contributed by atoms with van der Waals surface area (Å²) in [5.74, 6) is 0.651. The van der Waals surface area contributed by atoms with E-state index in [-0.39, 0.29) is 18.6 Å². The largest absolute Gasteiger partial charge is 0.495 e.